The average Bonchev–Trinajstić information content (AvgIpc) is 2.54. The summed E-state index contributed by atoms with van der Waals surface area (Å²) < 4.78 is 0.868. The Morgan fingerprint density at radius 1 is 1.17 bits per heavy atom. The van der Waals surface area contributed by atoms with Crippen molar-refractivity contribution in [2.45, 2.75) is 0 Å². The van der Waals surface area contributed by atoms with Gasteiger partial charge in [-0.25, -0.2) is 5.43 Å². The van der Waals surface area contributed by atoms with Crippen LogP contribution in [0.25, 0.3) is 0 Å². The number of halogens is 2. The number of hydrogen-bond donors (Lipinski definition) is 2. The van der Waals surface area contributed by atoms with Gasteiger partial charge in [0.1, 0.15) is 0 Å². The lowest BCUT2D eigenvalue weighted by Crippen LogP contribution is -2.34. The highest BCUT2D eigenvalue weighted by atomic mass is 79.9. The van der Waals surface area contributed by atoms with Crippen LogP contribution in [0, 0.1) is 0 Å². The van der Waals surface area contributed by atoms with Crippen LogP contribution in [0.1, 0.15) is 15.9 Å². The third-order valence-electron chi connectivity index (χ3n) is 2.79. The molecule has 0 saturated heterocycles. The molecule has 0 unspecified atom stereocenters. The number of rotatable bonds is 5. The van der Waals surface area contributed by atoms with E-state index in [9.17, 15) is 9.59 Å². The number of hydrogen-bond acceptors (Lipinski definition) is 3. The first kappa shape index (κ1) is 17.2. The molecule has 0 aliphatic carbocycles. The average molecular weight is 395 g/mol. The van der Waals surface area contributed by atoms with Gasteiger partial charge in [0.05, 0.1) is 12.8 Å². The Kier molecular flexibility index (Phi) is 6.31. The number of amides is 2. The molecule has 118 valence electrons. The van der Waals surface area contributed by atoms with Crippen LogP contribution in [0.2, 0.25) is 5.02 Å². The minimum atomic E-state index is -0.427. The Morgan fingerprint density at radius 2 is 1.96 bits per heavy atom. The molecular weight excluding hydrogens is 382 g/mol. The Bertz CT molecular complexity index is 750. The van der Waals surface area contributed by atoms with Crippen molar-refractivity contribution in [3.05, 3.63) is 69.2 Å². The molecule has 2 N–H and O–H groups in total. The second kappa shape index (κ2) is 8.45. The Balaban J connectivity index is 1.81. The van der Waals surface area contributed by atoms with Crippen molar-refractivity contribution in [2.75, 3.05) is 6.54 Å². The number of hydrazone groups is 1. The van der Waals surface area contributed by atoms with E-state index in [-0.39, 0.29) is 12.5 Å². The van der Waals surface area contributed by atoms with E-state index in [1.54, 1.807) is 18.2 Å². The van der Waals surface area contributed by atoms with Crippen molar-refractivity contribution in [3.8, 4) is 0 Å². The number of carbonyl (C=O) groups excluding carboxylic acids is 2. The maximum atomic E-state index is 11.8. The fourth-order valence-corrected chi connectivity index (χ4v) is 2.26. The van der Waals surface area contributed by atoms with Gasteiger partial charge in [0, 0.05) is 20.6 Å². The summed E-state index contributed by atoms with van der Waals surface area (Å²) in [6.45, 7) is -0.182. The highest BCUT2D eigenvalue weighted by Gasteiger charge is 2.07. The van der Waals surface area contributed by atoms with Gasteiger partial charge in [0.25, 0.3) is 11.8 Å². The van der Waals surface area contributed by atoms with Crippen molar-refractivity contribution in [1.82, 2.24) is 10.7 Å². The topological polar surface area (TPSA) is 70.6 Å². The fraction of sp³-hybridized carbons (Fsp3) is 0.0625. The number of nitrogens with one attached hydrogen (secondary N) is 2. The van der Waals surface area contributed by atoms with Crippen LogP contribution in [-0.2, 0) is 4.79 Å². The summed E-state index contributed by atoms with van der Waals surface area (Å²) in [6.07, 6.45) is 1.51. The van der Waals surface area contributed by atoms with Gasteiger partial charge < -0.3 is 5.32 Å². The molecule has 2 aromatic rings. The van der Waals surface area contributed by atoms with Crippen LogP contribution in [0.3, 0.4) is 0 Å². The summed E-state index contributed by atoms with van der Waals surface area (Å²) in [7, 11) is 0. The molecule has 0 heterocycles. The van der Waals surface area contributed by atoms with E-state index < -0.39 is 5.91 Å². The molecule has 0 fully saturated rings. The second-order valence-electron chi connectivity index (χ2n) is 4.51. The van der Waals surface area contributed by atoms with Crippen molar-refractivity contribution < 1.29 is 9.59 Å². The molecule has 0 spiro atoms. The maximum absolute atomic E-state index is 11.8. The number of nitrogens with zero attached hydrogens (tertiary/aromatic N) is 1. The molecule has 0 aromatic heterocycles. The summed E-state index contributed by atoms with van der Waals surface area (Å²) in [5, 5.41) is 6.79. The van der Waals surface area contributed by atoms with Crippen LogP contribution < -0.4 is 10.7 Å². The van der Waals surface area contributed by atoms with E-state index >= 15 is 0 Å². The molecule has 0 aliphatic rings. The van der Waals surface area contributed by atoms with Crippen LogP contribution in [0.15, 0.2) is 58.1 Å². The first-order chi connectivity index (χ1) is 11.1. The molecule has 0 bridgehead atoms. The van der Waals surface area contributed by atoms with E-state index in [2.05, 4.69) is 31.8 Å². The zero-order valence-electron chi connectivity index (χ0n) is 11.9. The zero-order valence-corrected chi connectivity index (χ0v) is 14.3. The number of benzene rings is 2. The minimum Gasteiger partial charge on any atom is -0.343 e. The Labute approximate surface area is 146 Å². The lowest BCUT2D eigenvalue weighted by atomic mass is 10.2. The molecule has 7 heteroatoms. The van der Waals surface area contributed by atoms with Crippen LogP contribution in [0.4, 0.5) is 0 Å². The van der Waals surface area contributed by atoms with Crippen LogP contribution >= 0.6 is 27.5 Å². The lowest BCUT2D eigenvalue weighted by molar-refractivity contribution is -0.120. The van der Waals surface area contributed by atoms with Gasteiger partial charge in [0.15, 0.2) is 0 Å². The summed E-state index contributed by atoms with van der Waals surface area (Å²) in [5.74, 6) is -0.805. The molecule has 0 radical (unpaired) electrons. The van der Waals surface area contributed by atoms with Gasteiger partial charge in [0.2, 0.25) is 0 Å². The van der Waals surface area contributed by atoms with E-state index in [1.807, 2.05) is 24.3 Å². The van der Waals surface area contributed by atoms with Gasteiger partial charge in [-0.15, -0.1) is 0 Å². The lowest BCUT2D eigenvalue weighted by Gasteiger charge is -2.04. The van der Waals surface area contributed by atoms with Crippen molar-refractivity contribution in [1.29, 1.82) is 0 Å². The largest absolute Gasteiger partial charge is 0.343 e. The highest BCUT2D eigenvalue weighted by molar-refractivity contribution is 9.10. The standard InChI is InChI=1S/C16H13BrClN3O2/c17-14-7-2-1-4-12(14)9-20-21-15(22)10-19-16(23)11-5-3-6-13(18)8-11/h1-9H,10H2,(H,19,23)(H,21,22)/b20-9-. The van der Waals surface area contributed by atoms with Crippen molar-refractivity contribution >= 4 is 45.6 Å². The molecule has 0 atom stereocenters. The van der Waals surface area contributed by atoms with Crippen molar-refractivity contribution in [3.63, 3.8) is 0 Å². The SMILES string of the molecule is O=C(CNC(=O)c1cccc(Cl)c1)N/N=C\c1ccccc1Br. The fourth-order valence-electron chi connectivity index (χ4n) is 1.69. The molecular formula is C16H13BrClN3O2. The monoisotopic (exact) mass is 393 g/mol. The zero-order chi connectivity index (χ0) is 16.7. The molecule has 0 saturated carbocycles. The predicted octanol–water partition coefficient (Wildman–Crippen LogP) is 2.98. The van der Waals surface area contributed by atoms with Gasteiger partial charge in [-0.1, -0.05) is 51.8 Å². The smallest absolute Gasteiger partial charge is 0.259 e. The highest BCUT2D eigenvalue weighted by Crippen LogP contribution is 2.13. The van der Waals surface area contributed by atoms with Crippen molar-refractivity contribution in [2.24, 2.45) is 5.10 Å². The van der Waals surface area contributed by atoms with Gasteiger partial charge in [-0.2, -0.15) is 5.10 Å². The Morgan fingerprint density at radius 3 is 2.70 bits per heavy atom. The van der Waals surface area contributed by atoms with E-state index in [1.165, 1.54) is 12.3 Å². The number of carbonyl (C=O) groups is 2. The van der Waals surface area contributed by atoms with Gasteiger partial charge in [-0.05, 0) is 24.3 Å². The van der Waals surface area contributed by atoms with Gasteiger partial charge in [-0.3, -0.25) is 9.59 Å². The predicted molar refractivity (Wildman–Crippen MR) is 93.7 cm³/mol. The molecule has 0 aliphatic heterocycles. The molecule has 2 rings (SSSR count). The first-order valence-corrected chi connectivity index (χ1v) is 7.83. The van der Waals surface area contributed by atoms with E-state index in [0.717, 1.165) is 10.0 Å². The summed E-state index contributed by atoms with van der Waals surface area (Å²) in [4.78, 5) is 23.5. The normalized spacial score (nSPS) is 10.5. The first-order valence-electron chi connectivity index (χ1n) is 6.66. The molecule has 23 heavy (non-hydrogen) atoms. The maximum Gasteiger partial charge on any atom is 0.259 e. The van der Waals surface area contributed by atoms with E-state index in [0.29, 0.717) is 10.6 Å². The third-order valence-corrected chi connectivity index (χ3v) is 3.75. The van der Waals surface area contributed by atoms with Crippen LogP contribution in [-0.4, -0.2) is 24.6 Å². The van der Waals surface area contributed by atoms with Gasteiger partial charge >= 0.3 is 0 Å². The third kappa shape index (κ3) is 5.50. The minimum absolute atomic E-state index is 0.182. The summed E-state index contributed by atoms with van der Waals surface area (Å²) in [5.41, 5.74) is 3.57. The van der Waals surface area contributed by atoms with Crippen LogP contribution in [0.5, 0.6) is 0 Å². The molecule has 2 aromatic carbocycles. The molecule has 5 nitrogen and oxygen atoms in total. The second-order valence-corrected chi connectivity index (χ2v) is 5.80. The summed E-state index contributed by atoms with van der Waals surface area (Å²) in [6, 6.07) is 13.9. The van der Waals surface area contributed by atoms with E-state index in [4.69, 9.17) is 11.6 Å². The summed E-state index contributed by atoms with van der Waals surface area (Å²) >= 11 is 9.18. The molecule has 2 amide bonds. The Hall–Kier alpha value is -2.18. The quantitative estimate of drug-likeness (QED) is 0.604.